The molecule has 34 heavy (non-hydrogen) atoms. The summed E-state index contributed by atoms with van der Waals surface area (Å²) in [5, 5.41) is 12.4. The van der Waals surface area contributed by atoms with E-state index in [-0.39, 0.29) is 25.0 Å². The van der Waals surface area contributed by atoms with Crippen molar-refractivity contribution in [1.82, 2.24) is 10.2 Å². The molecule has 1 aliphatic heterocycles. The van der Waals surface area contributed by atoms with E-state index in [4.69, 9.17) is 4.74 Å². The van der Waals surface area contributed by atoms with Crippen LogP contribution in [0.1, 0.15) is 57.1 Å². The third-order valence-electron chi connectivity index (χ3n) is 7.12. The van der Waals surface area contributed by atoms with Gasteiger partial charge in [0, 0.05) is 19.0 Å². The Hall–Kier alpha value is -3.35. The lowest BCUT2D eigenvalue weighted by Crippen LogP contribution is -2.56. The quantitative estimate of drug-likeness (QED) is 0.633. The molecule has 180 valence electrons. The first-order valence-corrected chi connectivity index (χ1v) is 11.8. The Balaban J connectivity index is 1.39. The molecular formula is C27H32N2O5. The van der Waals surface area contributed by atoms with E-state index in [0.717, 1.165) is 28.7 Å². The van der Waals surface area contributed by atoms with Crippen LogP contribution in [0.15, 0.2) is 48.5 Å². The number of nitrogens with zero attached hydrogens (tertiary/aromatic N) is 1. The molecule has 2 N–H and O–H groups in total. The van der Waals surface area contributed by atoms with Crippen molar-refractivity contribution in [2.45, 2.75) is 51.5 Å². The van der Waals surface area contributed by atoms with E-state index in [2.05, 4.69) is 17.4 Å². The minimum absolute atomic E-state index is 0.0687. The Morgan fingerprint density at radius 1 is 1.09 bits per heavy atom. The summed E-state index contributed by atoms with van der Waals surface area (Å²) in [4.78, 5) is 39.3. The minimum Gasteiger partial charge on any atom is -0.481 e. The highest BCUT2D eigenvalue weighted by Gasteiger charge is 2.48. The fraction of sp³-hybridized carbons (Fsp3) is 0.444. The number of amides is 2. The Morgan fingerprint density at radius 2 is 1.68 bits per heavy atom. The first-order chi connectivity index (χ1) is 16.2. The lowest BCUT2D eigenvalue weighted by atomic mass is 9.83. The normalized spacial score (nSPS) is 19.4. The molecule has 1 aliphatic carbocycles. The number of alkyl carbamates (subject to hydrolysis) is 1. The Kier molecular flexibility index (Phi) is 6.39. The number of carboxylic acids is 1. The Labute approximate surface area is 200 Å². The van der Waals surface area contributed by atoms with Gasteiger partial charge in [-0.1, -0.05) is 61.9 Å². The molecule has 2 aromatic rings. The third-order valence-corrected chi connectivity index (χ3v) is 7.12. The summed E-state index contributed by atoms with van der Waals surface area (Å²) < 4.78 is 5.59. The highest BCUT2D eigenvalue weighted by molar-refractivity contribution is 5.90. The number of nitrogens with one attached hydrogen (secondary N) is 1. The number of hydrogen-bond donors (Lipinski definition) is 2. The summed E-state index contributed by atoms with van der Waals surface area (Å²) >= 11 is 0. The standard InChI is InChI=1S/C27H32N2O5/c1-4-13-27(24(31)32)14-15-29(17-27)23(30)26(2,3)28-25(33)34-16-22-20-11-7-5-9-18(20)19-10-6-8-12-21(19)22/h5-12,22H,4,13-17H2,1-3H3,(H,28,33)(H,31,32). The summed E-state index contributed by atoms with van der Waals surface area (Å²) in [6.07, 6.45) is 1.00. The van der Waals surface area contributed by atoms with Crippen LogP contribution in [0.5, 0.6) is 0 Å². The third kappa shape index (κ3) is 4.27. The van der Waals surface area contributed by atoms with Gasteiger partial charge in [0.25, 0.3) is 0 Å². The molecule has 1 heterocycles. The van der Waals surface area contributed by atoms with Gasteiger partial charge in [0.2, 0.25) is 5.91 Å². The van der Waals surface area contributed by atoms with Crippen LogP contribution in [0.3, 0.4) is 0 Å². The lowest BCUT2D eigenvalue weighted by Gasteiger charge is -2.31. The maximum Gasteiger partial charge on any atom is 0.408 e. The molecule has 7 nitrogen and oxygen atoms in total. The molecule has 1 unspecified atom stereocenters. The molecule has 2 aromatic carbocycles. The summed E-state index contributed by atoms with van der Waals surface area (Å²) in [6, 6.07) is 16.2. The number of benzene rings is 2. The largest absolute Gasteiger partial charge is 0.481 e. The molecular weight excluding hydrogens is 432 g/mol. The Morgan fingerprint density at radius 3 is 2.24 bits per heavy atom. The van der Waals surface area contributed by atoms with Crippen LogP contribution in [0, 0.1) is 5.41 Å². The van der Waals surface area contributed by atoms with E-state index >= 15 is 0 Å². The van der Waals surface area contributed by atoms with E-state index in [0.29, 0.717) is 19.4 Å². The topological polar surface area (TPSA) is 95.9 Å². The number of carboxylic acid groups (broad SMARTS) is 1. The number of ether oxygens (including phenoxy) is 1. The van der Waals surface area contributed by atoms with E-state index in [1.807, 2.05) is 43.3 Å². The van der Waals surface area contributed by atoms with Crippen LogP contribution in [-0.4, -0.2) is 53.2 Å². The van der Waals surface area contributed by atoms with Gasteiger partial charge in [0.05, 0.1) is 5.41 Å². The molecule has 0 spiro atoms. The lowest BCUT2D eigenvalue weighted by molar-refractivity contribution is -0.149. The molecule has 2 aliphatic rings. The van der Waals surface area contributed by atoms with Crippen molar-refractivity contribution in [3.05, 3.63) is 59.7 Å². The first-order valence-electron chi connectivity index (χ1n) is 11.8. The van der Waals surface area contributed by atoms with E-state index < -0.39 is 23.0 Å². The maximum atomic E-state index is 13.2. The van der Waals surface area contributed by atoms with Gasteiger partial charge in [0.15, 0.2) is 0 Å². The van der Waals surface area contributed by atoms with Crippen molar-refractivity contribution in [1.29, 1.82) is 0 Å². The molecule has 1 saturated heterocycles. The van der Waals surface area contributed by atoms with E-state index in [1.165, 1.54) is 0 Å². The van der Waals surface area contributed by atoms with E-state index in [9.17, 15) is 19.5 Å². The zero-order chi connectivity index (χ0) is 24.5. The maximum absolute atomic E-state index is 13.2. The molecule has 0 bridgehead atoms. The van der Waals surface area contributed by atoms with Gasteiger partial charge in [0.1, 0.15) is 12.1 Å². The van der Waals surface area contributed by atoms with Crippen LogP contribution in [-0.2, 0) is 14.3 Å². The fourth-order valence-corrected chi connectivity index (χ4v) is 5.35. The predicted octanol–water partition coefficient (Wildman–Crippen LogP) is 4.41. The second kappa shape index (κ2) is 9.12. The van der Waals surface area contributed by atoms with Crippen LogP contribution in [0.4, 0.5) is 4.79 Å². The smallest absolute Gasteiger partial charge is 0.408 e. The number of carbonyl (C=O) groups is 3. The van der Waals surface area contributed by atoms with Gasteiger partial charge < -0.3 is 20.1 Å². The predicted molar refractivity (Wildman–Crippen MR) is 128 cm³/mol. The summed E-state index contributed by atoms with van der Waals surface area (Å²) in [6.45, 7) is 5.87. The molecule has 0 radical (unpaired) electrons. The molecule has 2 amide bonds. The zero-order valence-corrected chi connectivity index (χ0v) is 20.0. The van der Waals surface area contributed by atoms with Gasteiger partial charge in [-0.3, -0.25) is 9.59 Å². The van der Waals surface area contributed by atoms with Crippen molar-refractivity contribution in [2.75, 3.05) is 19.7 Å². The number of rotatable bonds is 7. The van der Waals surface area contributed by atoms with Crippen LogP contribution in [0.2, 0.25) is 0 Å². The highest BCUT2D eigenvalue weighted by Crippen LogP contribution is 2.44. The monoisotopic (exact) mass is 464 g/mol. The second-order valence-electron chi connectivity index (χ2n) is 9.89. The average molecular weight is 465 g/mol. The van der Waals surface area contributed by atoms with Gasteiger partial charge in [-0.25, -0.2) is 4.79 Å². The molecule has 7 heteroatoms. The summed E-state index contributed by atoms with van der Waals surface area (Å²) in [7, 11) is 0. The molecule has 4 rings (SSSR count). The molecule has 0 aromatic heterocycles. The van der Waals surface area contributed by atoms with E-state index in [1.54, 1.807) is 18.7 Å². The number of likely N-dealkylation sites (tertiary alicyclic amines) is 1. The molecule has 1 fully saturated rings. The van der Waals surface area contributed by atoms with Crippen molar-refractivity contribution >= 4 is 18.0 Å². The molecule has 1 atom stereocenters. The van der Waals surface area contributed by atoms with Crippen molar-refractivity contribution < 1.29 is 24.2 Å². The van der Waals surface area contributed by atoms with Crippen LogP contribution in [0.25, 0.3) is 11.1 Å². The molecule has 0 saturated carbocycles. The van der Waals surface area contributed by atoms with Gasteiger partial charge in [-0.2, -0.15) is 0 Å². The van der Waals surface area contributed by atoms with Crippen molar-refractivity contribution in [3.63, 3.8) is 0 Å². The number of hydrogen-bond acceptors (Lipinski definition) is 4. The van der Waals surface area contributed by atoms with Crippen molar-refractivity contribution in [3.8, 4) is 11.1 Å². The van der Waals surface area contributed by atoms with Gasteiger partial charge in [-0.05, 0) is 48.9 Å². The summed E-state index contributed by atoms with van der Waals surface area (Å²) in [5.41, 5.74) is 2.39. The van der Waals surface area contributed by atoms with Gasteiger partial charge >= 0.3 is 12.1 Å². The average Bonchev–Trinajstić information content (AvgIpc) is 3.38. The minimum atomic E-state index is -1.22. The fourth-order valence-electron chi connectivity index (χ4n) is 5.35. The summed E-state index contributed by atoms with van der Waals surface area (Å²) in [5.74, 6) is -1.24. The van der Waals surface area contributed by atoms with Crippen LogP contribution >= 0.6 is 0 Å². The first kappa shape index (κ1) is 23.8. The number of carbonyl (C=O) groups excluding carboxylic acids is 2. The Bertz CT molecular complexity index is 1070. The van der Waals surface area contributed by atoms with Crippen molar-refractivity contribution in [2.24, 2.45) is 5.41 Å². The van der Waals surface area contributed by atoms with Crippen LogP contribution < -0.4 is 5.32 Å². The van der Waals surface area contributed by atoms with Gasteiger partial charge in [-0.15, -0.1) is 0 Å². The SMILES string of the molecule is CCCC1(C(=O)O)CCN(C(=O)C(C)(C)NC(=O)OCC2c3ccccc3-c3ccccc32)C1. The number of fused-ring (bicyclic) bond motifs is 3. The highest BCUT2D eigenvalue weighted by atomic mass is 16.5. The zero-order valence-electron chi connectivity index (χ0n) is 20.0. The second-order valence-corrected chi connectivity index (χ2v) is 9.89. The number of aliphatic carboxylic acids is 1.